The molecule has 2 fully saturated rings. The molecule has 5 nitrogen and oxygen atoms in total. The van der Waals surface area contributed by atoms with Gasteiger partial charge in [0.1, 0.15) is 5.82 Å². The SMILES string of the molecule is C=C(C1CCC(C)CC1)N(CC1CCN(c2ccc(N(C)C)nc2)CC1)c1cccc(/C=C/C2=NC=CC2)c1. The zero-order valence-corrected chi connectivity index (χ0v) is 24.1. The average Bonchev–Trinajstić information content (AvgIpc) is 3.49. The number of benzene rings is 1. The second-order valence-electron chi connectivity index (χ2n) is 11.9. The van der Waals surface area contributed by atoms with Crippen molar-refractivity contribution in [2.75, 3.05) is 48.4 Å². The number of anilines is 3. The van der Waals surface area contributed by atoms with Crippen molar-refractivity contribution < 1.29 is 0 Å². The van der Waals surface area contributed by atoms with E-state index in [4.69, 9.17) is 6.58 Å². The molecule has 1 aromatic carbocycles. The van der Waals surface area contributed by atoms with Gasteiger partial charge in [-0.3, -0.25) is 4.99 Å². The van der Waals surface area contributed by atoms with E-state index in [2.05, 4.69) is 86.2 Å². The van der Waals surface area contributed by atoms with Crippen molar-refractivity contribution in [2.24, 2.45) is 22.7 Å². The molecule has 0 unspecified atom stereocenters. The molecule has 5 heteroatoms. The number of hydrogen-bond donors (Lipinski definition) is 0. The van der Waals surface area contributed by atoms with Crippen molar-refractivity contribution >= 4 is 29.0 Å². The van der Waals surface area contributed by atoms with Gasteiger partial charge in [0.05, 0.1) is 11.9 Å². The van der Waals surface area contributed by atoms with Crippen LogP contribution in [0.25, 0.3) is 6.08 Å². The average molecular weight is 524 g/mol. The second-order valence-corrected chi connectivity index (χ2v) is 11.9. The van der Waals surface area contributed by atoms with E-state index in [1.807, 2.05) is 26.5 Å². The van der Waals surface area contributed by atoms with Gasteiger partial charge in [0, 0.05) is 63.4 Å². The highest BCUT2D eigenvalue weighted by Gasteiger charge is 2.28. The maximum atomic E-state index is 4.73. The number of nitrogens with zero attached hydrogens (tertiary/aromatic N) is 5. The van der Waals surface area contributed by atoms with Gasteiger partial charge in [0.25, 0.3) is 0 Å². The van der Waals surface area contributed by atoms with E-state index in [0.717, 1.165) is 43.5 Å². The van der Waals surface area contributed by atoms with Crippen LogP contribution in [0.2, 0.25) is 0 Å². The van der Waals surface area contributed by atoms with Gasteiger partial charge in [-0.2, -0.15) is 0 Å². The van der Waals surface area contributed by atoms with E-state index in [0.29, 0.717) is 11.8 Å². The topological polar surface area (TPSA) is 35.0 Å². The molecule has 3 aliphatic rings. The fourth-order valence-corrected chi connectivity index (χ4v) is 6.14. The zero-order valence-electron chi connectivity index (χ0n) is 24.1. The Morgan fingerprint density at radius 1 is 1.03 bits per heavy atom. The van der Waals surface area contributed by atoms with Crippen LogP contribution in [0.4, 0.5) is 17.2 Å². The van der Waals surface area contributed by atoms with Gasteiger partial charge < -0.3 is 14.7 Å². The molecule has 5 rings (SSSR count). The molecular weight excluding hydrogens is 478 g/mol. The minimum Gasteiger partial charge on any atom is -0.370 e. The number of allylic oxidation sites excluding steroid dienone is 3. The predicted molar refractivity (Wildman–Crippen MR) is 168 cm³/mol. The molecule has 1 aromatic heterocycles. The number of aliphatic imine (C=N–C) groups is 1. The molecule has 39 heavy (non-hydrogen) atoms. The van der Waals surface area contributed by atoms with E-state index in [1.54, 1.807) is 0 Å². The summed E-state index contributed by atoms with van der Waals surface area (Å²) in [6.07, 6.45) is 18.8. The first-order chi connectivity index (χ1) is 19.0. The van der Waals surface area contributed by atoms with Crippen molar-refractivity contribution in [3.8, 4) is 0 Å². The van der Waals surface area contributed by atoms with Crippen LogP contribution < -0.4 is 14.7 Å². The fraction of sp³-hybridized carbons (Fsp3) is 0.471. The molecule has 1 aliphatic carbocycles. The third-order valence-corrected chi connectivity index (χ3v) is 8.77. The molecule has 3 heterocycles. The van der Waals surface area contributed by atoms with Crippen LogP contribution in [0.15, 0.2) is 78.2 Å². The number of hydrogen-bond acceptors (Lipinski definition) is 5. The van der Waals surface area contributed by atoms with Gasteiger partial charge in [-0.1, -0.05) is 50.6 Å². The molecule has 0 spiro atoms. The predicted octanol–water partition coefficient (Wildman–Crippen LogP) is 7.58. The zero-order chi connectivity index (χ0) is 27.2. The Hall–Kier alpha value is -3.34. The van der Waals surface area contributed by atoms with E-state index in [9.17, 15) is 0 Å². The highest BCUT2D eigenvalue weighted by Crippen LogP contribution is 2.37. The summed E-state index contributed by atoms with van der Waals surface area (Å²) < 4.78 is 0. The Morgan fingerprint density at radius 2 is 1.82 bits per heavy atom. The maximum absolute atomic E-state index is 4.73. The van der Waals surface area contributed by atoms with E-state index >= 15 is 0 Å². The Morgan fingerprint density at radius 3 is 2.49 bits per heavy atom. The third kappa shape index (κ3) is 7.00. The Bertz CT molecular complexity index is 1190. The molecule has 2 aliphatic heterocycles. The van der Waals surface area contributed by atoms with Gasteiger partial charge >= 0.3 is 0 Å². The quantitative estimate of drug-likeness (QED) is 0.339. The van der Waals surface area contributed by atoms with Crippen molar-refractivity contribution in [2.45, 2.75) is 51.9 Å². The summed E-state index contributed by atoms with van der Waals surface area (Å²) in [5.74, 6) is 3.08. The summed E-state index contributed by atoms with van der Waals surface area (Å²) in [5, 5.41) is 0. The van der Waals surface area contributed by atoms with E-state index in [1.165, 1.54) is 61.2 Å². The molecule has 206 valence electrons. The normalized spacial score (nSPS) is 21.8. The first-order valence-electron chi connectivity index (χ1n) is 14.8. The van der Waals surface area contributed by atoms with Crippen LogP contribution in [-0.4, -0.2) is 44.4 Å². The molecule has 0 amide bonds. The molecule has 0 N–H and O–H groups in total. The maximum Gasteiger partial charge on any atom is 0.128 e. The van der Waals surface area contributed by atoms with Crippen molar-refractivity contribution in [3.05, 3.63) is 78.8 Å². The first kappa shape index (κ1) is 27.2. The monoisotopic (exact) mass is 523 g/mol. The molecule has 1 saturated carbocycles. The standard InChI is InChI=1S/C34H45N5/c1-26-10-13-30(14-11-26)27(2)39(32-9-5-7-28(23-32)12-15-31-8-6-20-35-31)25-29-18-21-38(22-19-29)33-16-17-34(36-24-33)37(3)4/h5-7,9,12,15-17,20,23-24,26,29-30H,2,8,10-11,13-14,18-19,21-22,25H2,1,3-4H3/b15-12+. The lowest BCUT2D eigenvalue weighted by atomic mass is 9.81. The van der Waals surface area contributed by atoms with Crippen LogP contribution in [0.3, 0.4) is 0 Å². The number of rotatable bonds is 9. The molecule has 0 radical (unpaired) electrons. The van der Waals surface area contributed by atoms with Crippen LogP contribution >= 0.6 is 0 Å². The minimum absolute atomic E-state index is 0.584. The smallest absolute Gasteiger partial charge is 0.128 e. The molecule has 2 aromatic rings. The summed E-state index contributed by atoms with van der Waals surface area (Å²) in [5.41, 5.74) is 6.17. The third-order valence-electron chi connectivity index (χ3n) is 8.77. The van der Waals surface area contributed by atoms with Crippen LogP contribution in [0.5, 0.6) is 0 Å². The summed E-state index contributed by atoms with van der Waals surface area (Å²) in [6, 6.07) is 13.3. The summed E-state index contributed by atoms with van der Waals surface area (Å²) in [6.45, 7) is 10.3. The van der Waals surface area contributed by atoms with Crippen LogP contribution in [0, 0.1) is 17.8 Å². The number of piperidine rings is 1. The lowest BCUT2D eigenvalue weighted by Gasteiger charge is -2.40. The highest BCUT2D eigenvalue weighted by molar-refractivity contribution is 6.00. The van der Waals surface area contributed by atoms with Crippen LogP contribution in [-0.2, 0) is 0 Å². The largest absolute Gasteiger partial charge is 0.370 e. The molecule has 1 saturated heterocycles. The summed E-state index contributed by atoms with van der Waals surface area (Å²) in [7, 11) is 4.07. The van der Waals surface area contributed by atoms with Crippen molar-refractivity contribution in [1.82, 2.24) is 4.98 Å². The minimum atomic E-state index is 0.584. The Balaban J connectivity index is 1.28. The Labute approximate surface area is 235 Å². The molecular formula is C34H45N5. The van der Waals surface area contributed by atoms with Gasteiger partial charge in [0.2, 0.25) is 0 Å². The lowest BCUT2D eigenvalue weighted by molar-refractivity contribution is 0.313. The summed E-state index contributed by atoms with van der Waals surface area (Å²) in [4.78, 5) is 16.2. The second kappa shape index (κ2) is 12.7. The highest BCUT2D eigenvalue weighted by atomic mass is 15.2. The van der Waals surface area contributed by atoms with Gasteiger partial charge in [-0.25, -0.2) is 4.98 Å². The Kier molecular flexibility index (Phi) is 8.85. The summed E-state index contributed by atoms with van der Waals surface area (Å²) >= 11 is 0. The van der Waals surface area contributed by atoms with E-state index < -0.39 is 0 Å². The number of aromatic nitrogens is 1. The van der Waals surface area contributed by atoms with Gasteiger partial charge in [-0.05, 0) is 79.3 Å². The van der Waals surface area contributed by atoms with Gasteiger partial charge in [0.15, 0.2) is 0 Å². The molecule has 0 bridgehead atoms. The van der Waals surface area contributed by atoms with Gasteiger partial charge in [-0.15, -0.1) is 0 Å². The first-order valence-corrected chi connectivity index (χ1v) is 14.8. The van der Waals surface area contributed by atoms with Crippen LogP contribution in [0.1, 0.15) is 57.4 Å². The van der Waals surface area contributed by atoms with E-state index in [-0.39, 0.29) is 0 Å². The van der Waals surface area contributed by atoms with Crippen molar-refractivity contribution in [3.63, 3.8) is 0 Å². The fourth-order valence-electron chi connectivity index (χ4n) is 6.14. The van der Waals surface area contributed by atoms with Crippen molar-refractivity contribution in [1.29, 1.82) is 0 Å². The lowest BCUT2D eigenvalue weighted by Crippen LogP contribution is -2.39. The molecule has 0 atom stereocenters. The number of pyridine rings is 1.